The summed E-state index contributed by atoms with van der Waals surface area (Å²) in [7, 11) is 0. The molecule has 0 saturated carbocycles. The highest BCUT2D eigenvalue weighted by Crippen LogP contribution is 2.39. The van der Waals surface area contributed by atoms with Gasteiger partial charge in [-0.2, -0.15) is 26.3 Å². The van der Waals surface area contributed by atoms with Gasteiger partial charge in [-0.3, -0.25) is 5.84 Å². The van der Waals surface area contributed by atoms with E-state index < -0.39 is 25.6 Å². The third-order valence-corrected chi connectivity index (χ3v) is 5.24. The quantitative estimate of drug-likeness (QED) is 0.440. The molecule has 3 rings (SSSR count). The lowest BCUT2D eigenvalue weighted by atomic mass is 9.81. The monoisotopic (exact) mass is 462 g/mol. The molecular formula is C22H24F6N2O2. The standard InChI is InChI=1S/C22H24F6N2O2/c23-21(24,25)13-31-18-8-9-19(32-14-22(26,27)28)17(12-18)11-16-7-4-10-30(29)20(16)15-5-2-1-3-6-15/h1-3,5-6,8-9,12,16,20H,4,7,10-11,13-14,29H2. The van der Waals surface area contributed by atoms with E-state index in [2.05, 4.69) is 0 Å². The SMILES string of the molecule is NN1CCCC(Cc2cc(OCC(F)(F)F)ccc2OCC(F)(F)F)C1c1ccccc1. The van der Waals surface area contributed by atoms with Gasteiger partial charge in [-0.05, 0) is 54.5 Å². The van der Waals surface area contributed by atoms with Gasteiger partial charge in [0.1, 0.15) is 11.5 Å². The molecule has 1 fully saturated rings. The van der Waals surface area contributed by atoms with Gasteiger partial charge in [0.2, 0.25) is 0 Å². The van der Waals surface area contributed by atoms with Gasteiger partial charge in [0.15, 0.2) is 13.2 Å². The largest absolute Gasteiger partial charge is 0.484 e. The van der Waals surface area contributed by atoms with Crippen LogP contribution in [0.25, 0.3) is 0 Å². The van der Waals surface area contributed by atoms with Crippen LogP contribution in [0.1, 0.15) is 30.0 Å². The van der Waals surface area contributed by atoms with Crippen molar-refractivity contribution in [3.8, 4) is 11.5 Å². The second-order valence-electron chi connectivity index (χ2n) is 7.78. The molecule has 0 aliphatic carbocycles. The Kier molecular flexibility index (Phi) is 7.55. The molecule has 2 atom stereocenters. The van der Waals surface area contributed by atoms with Crippen molar-refractivity contribution >= 4 is 0 Å². The van der Waals surface area contributed by atoms with Gasteiger partial charge in [-0.1, -0.05) is 30.3 Å². The highest BCUT2D eigenvalue weighted by molar-refractivity contribution is 5.41. The maximum Gasteiger partial charge on any atom is 0.422 e. The highest BCUT2D eigenvalue weighted by Gasteiger charge is 2.33. The van der Waals surface area contributed by atoms with Crippen LogP contribution in [0.15, 0.2) is 48.5 Å². The molecule has 10 heteroatoms. The van der Waals surface area contributed by atoms with Gasteiger partial charge in [0.25, 0.3) is 0 Å². The van der Waals surface area contributed by atoms with E-state index in [1.165, 1.54) is 18.2 Å². The average Bonchev–Trinajstić information content (AvgIpc) is 2.71. The molecule has 2 aromatic rings. The van der Waals surface area contributed by atoms with Crippen LogP contribution in [-0.2, 0) is 6.42 Å². The van der Waals surface area contributed by atoms with E-state index in [4.69, 9.17) is 15.3 Å². The Morgan fingerprint density at radius 2 is 1.56 bits per heavy atom. The minimum absolute atomic E-state index is 0.0392. The molecule has 4 nitrogen and oxygen atoms in total. The Morgan fingerprint density at radius 3 is 2.22 bits per heavy atom. The summed E-state index contributed by atoms with van der Waals surface area (Å²) in [4.78, 5) is 0. The molecule has 1 heterocycles. The maximum atomic E-state index is 12.7. The Bertz CT molecular complexity index is 873. The molecular weight excluding hydrogens is 438 g/mol. The summed E-state index contributed by atoms with van der Waals surface area (Å²) in [5.74, 6) is 6.03. The van der Waals surface area contributed by atoms with E-state index in [0.717, 1.165) is 18.4 Å². The number of benzene rings is 2. The molecule has 2 N–H and O–H groups in total. The summed E-state index contributed by atoms with van der Waals surface area (Å²) < 4.78 is 85.5. The number of nitrogens with two attached hydrogens (primary N) is 1. The summed E-state index contributed by atoms with van der Waals surface area (Å²) in [6.07, 6.45) is -7.28. The van der Waals surface area contributed by atoms with E-state index >= 15 is 0 Å². The summed E-state index contributed by atoms with van der Waals surface area (Å²) in [6, 6.07) is 13.0. The molecule has 1 aliphatic rings. The van der Waals surface area contributed by atoms with Crippen LogP contribution in [0.2, 0.25) is 0 Å². The predicted octanol–water partition coefficient (Wildman–Crippen LogP) is 5.44. The fourth-order valence-corrected chi connectivity index (χ4v) is 3.98. The molecule has 176 valence electrons. The lowest BCUT2D eigenvalue weighted by molar-refractivity contribution is -0.154. The summed E-state index contributed by atoms with van der Waals surface area (Å²) >= 11 is 0. The number of nitrogens with zero attached hydrogens (tertiary/aromatic N) is 1. The zero-order valence-electron chi connectivity index (χ0n) is 17.1. The number of piperidine rings is 1. The molecule has 2 aromatic carbocycles. The molecule has 0 radical (unpaired) electrons. The zero-order chi connectivity index (χ0) is 23.4. The van der Waals surface area contributed by atoms with Crippen LogP contribution in [0, 0.1) is 5.92 Å². The number of hydrazine groups is 1. The van der Waals surface area contributed by atoms with Gasteiger partial charge in [0, 0.05) is 6.54 Å². The number of rotatable bonds is 7. The Balaban J connectivity index is 1.87. The van der Waals surface area contributed by atoms with Crippen LogP contribution in [-0.4, -0.2) is 37.1 Å². The first kappa shape index (κ1) is 24.2. The normalized spacial score (nSPS) is 20.2. The highest BCUT2D eigenvalue weighted by atomic mass is 19.4. The van der Waals surface area contributed by atoms with E-state index in [-0.39, 0.29) is 29.9 Å². The molecule has 32 heavy (non-hydrogen) atoms. The molecule has 0 amide bonds. The summed E-state index contributed by atoms with van der Waals surface area (Å²) in [6.45, 7) is -2.34. The van der Waals surface area contributed by atoms with Crippen molar-refractivity contribution < 1.29 is 35.8 Å². The Labute approximate surface area is 181 Å². The fraction of sp³-hybridized carbons (Fsp3) is 0.455. The predicted molar refractivity (Wildman–Crippen MR) is 106 cm³/mol. The third-order valence-electron chi connectivity index (χ3n) is 5.24. The van der Waals surface area contributed by atoms with Crippen molar-refractivity contribution in [2.75, 3.05) is 19.8 Å². The summed E-state index contributed by atoms with van der Waals surface area (Å²) in [5, 5.41) is 1.70. The van der Waals surface area contributed by atoms with Crippen molar-refractivity contribution in [2.45, 2.75) is 37.7 Å². The Morgan fingerprint density at radius 1 is 0.906 bits per heavy atom. The smallest absolute Gasteiger partial charge is 0.422 e. The third kappa shape index (κ3) is 7.03. The first-order valence-electron chi connectivity index (χ1n) is 10.1. The molecule has 1 saturated heterocycles. The van der Waals surface area contributed by atoms with E-state index in [1.54, 1.807) is 5.01 Å². The number of halogens is 6. The molecule has 0 bridgehead atoms. The fourth-order valence-electron chi connectivity index (χ4n) is 3.98. The molecule has 2 unspecified atom stereocenters. The van der Waals surface area contributed by atoms with Gasteiger partial charge < -0.3 is 9.47 Å². The van der Waals surface area contributed by atoms with Crippen molar-refractivity contribution in [3.05, 3.63) is 59.7 Å². The van der Waals surface area contributed by atoms with Crippen LogP contribution in [0.3, 0.4) is 0 Å². The van der Waals surface area contributed by atoms with Gasteiger partial charge >= 0.3 is 12.4 Å². The molecule has 0 spiro atoms. The number of hydrogen-bond donors (Lipinski definition) is 1. The molecule has 1 aliphatic heterocycles. The second-order valence-corrected chi connectivity index (χ2v) is 7.78. The average molecular weight is 462 g/mol. The maximum absolute atomic E-state index is 12.7. The summed E-state index contributed by atoms with van der Waals surface area (Å²) in [5.41, 5.74) is 1.30. The second kappa shape index (κ2) is 9.99. The first-order chi connectivity index (χ1) is 15.0. The van der Waals surface area contributed by atoms with E-state index in [9.17, 15) is 26.3 Å². The van der Waals surface area contributed by atoms with Crippen LogP contribution >= 0.6 is 0 Å². The van der Waals surface area contributed by atoms with Crippen molar-refractivity contribution in [1.29, 1.82) is 0 Å². The first-order valence-corrected chi connectivity index (χ1v) is 10.1. The minimum Gasteiger partial charge on any atom is -0.484 e. The number of alkyl halides is 6. The topological polar surface area (TPSA) is 47.7 Å². The van der Waals surface area contributed by atoms with E-state index in [1.807, 2.05) is 30.3 Å². The van der Waals surface area contributed by atoms with Gasteiger partial charge in [0.05, 0.1) is 6.04 Å². The van der Waals surface area contributed by atoms with Crippen molar-refractivity contribution in [2.24, 2.45) is 11.8 Å². The van der Waals surface area contributed by atoms with Gasteiger partial charge in [-0.25, -0.2) is 5.01 Å². The van der Waals surface area contributed by atoms with Gasteiger partial charge in [-0.15, -0.1) is 0 Å². The number of ether oxygens (including phenoxy) is 2. The minimum atomic E-state index is -4.55. The van der Waals surface area contributed by atoms with Crippen molar-refractivity contribution in [3.63, 3.8) is 0 Å². The lowest BCUT2D eigenvalue weighted by Crippen LogP contribution is -2.44. The van der Waals surface area contributed by atoms with Crippen LogP contribution < -0.4 is 15.3 Å². The van der Waals surface area contributed by atoms with E-state index in [0.29, 0.717) is 12.1 Å². The van der Waals surface area contributed by atoms with Crippen LogP contribution in [0.4, 0.5) is 26.3 Å². The zero-order valence-corrected chi connectivity index (χ0v) is 17.1. The number of hydrogen-bond acceptors (Lipinski definition) is 4. The van der Waals surface area contributed by atoms with Crippen LogP contribution in [0.5, 0.6) is 11.5 Å². The lowest BCUT2D eigenvalue weighted by Gasteiger charge is -2.39. The molecule has 0 aromatic heterocycles. The van der Waals surface area contributed by atoms with Crippen molar-refractivity contribution in [1.82, 2.24) is 5.01 Å². The Hall–Kier alpha value is -2.46.